The van der Waals surface area contributed by atoms with E-state index in [1.54, 1.807) is 30.3 Å². The molecule has 36 heavy (non-hydrogen) atoms. The summed E-state index contributed by atoms with van der Waals surface area (Å²) in [4.78, 5) is 39.4. The standard InChI is InChI=1S/C27H22Br2N2O5/c1-15-5-4-6-22(16(15)2)31-26(33)20(25(32)30-27(31)34)11-17-7-10-23(24(12-17)35-3)36-14-18-8-9-19(28)13-21(18)29/h4-13H,14H2,1-3H3,(H,30,32,34)/b20-11+. The molecule has 0 saturated carbocycles. The van der Waals surface area contributed by atoms with E-state index in [1.807, 2.05) is 38.1 Å². The molecule has 4 rings (SSSR count). The Morgan fingerprint density at radius 3 is 2.47 bits per heavy atom. The number of carbonyl (C=O) groups excluding carboxylic acids is 3. The molecule has 9 heteroatoms. The molecule has 1 heterocycles. The SMILES string of the molecule is COc1cc(/C=C2\C(=O)NC(=O)N(c3cccc(C)c3C)C2=O)ccc1OCc1ccc(Br)cc1Br. The van der Waals surface area contributed by atoms with Gasteiger partial charge in [0.1, 0.15) is 12.2 Å². The first-order valence-corrected chi connectivity index (χ1v) is 12.5. The number of urea groups is 1. The molecule has 4 amide bonds. The number of amides is 4. The normalized spacial score (nSPS) is 14.8. The average Bonchev–Trinajstić information content (AvgIpc) is 2.84. The third-order valence-corrected chi connectivity index (χ3v) is 7.05. The van der Waals surface area contributed by atoms with Gasteiger partial charge < -0.3 is 9.47 Å². The van der Waals surface area contributed by atoms with E-state index < -0.39 is 17.8 Å². The van der Waals surface area contributed by atoms with Crippen molar-refractivity contribution in [2.45, 2.75) is 20.5 Å². The number of nitrogens with one attached hydrogen (secondary N) is 1. The molecule has 0 bridgehead atoms. The molecular formula is C27H22Br2N2O5. The van der Waals surface area contributed by atoms with Gasteiger partial charge in [-0.05, 0) is 66.9 Å². The monoisotopic (exact) mass is 612 g/mol. The highest BCUT2D eigenvalue weighted by Crippen LogP contribution is 2.32. The fraction of sp³-hybridized carbons (Fsp3) is 0.148. The Bertz CT molecular complexity index is 1420. The summed E-state index contributed by atoms with van der Waals surface area (Å²) in [5, 5.41) is 2.26. The number of ether oxygens (including phenoxy) is 2. The topological polar surface area (TPSA) is 84.9 Å². The lowest BCUT2D eigenvalue weighted by Gasteiger charge is -2.28. The van der Waals surface area contributed by atoms with Crippen LogP contribution in [0.1, 0.15) is 22.3 Å². The minimum Gasteiger partial charge on any atom is -0.493 e. The molecule has 3 aromatic rings. The van der Waals surface area contributed by atoms with Crippen LogP contribution < -0.4 is 19.7 Å². The quantitative estimate of drug-likeness (QED) is 0.269. The molecule has 0 aromatic heterocycles. The number of hydrogen-bond acceptors (Lipinski definition) is 5. The molecule has 184 valence electrons. The highest BCUT2D eigenvalue weighted by atomic mass is 79.9. The predicted molar refractivity (Wildman–Crippen MR) is 144 cm³/mol. The van der Waals surface area contributed by atoms with E-state index in [9.17, 15) is 14.4 Å². The number of halogens is 2. The second-order valence-corrected chi connectivity index (χ2v) is 9.88. The first-order chi connectivity index (χ1) is 17.2. The molecule has 0 aliphatic carbocycles. The van der Waals surface area contributed by atoms with Crippen molar-refractivity contribution in [3.8, 4) is 11.5 Å². The summed E-state index contributed by atoms with van der Waals surface area (Å²) in [6, 6.07) is 15.4. The Kier molecular flexibility index (Phi) is 7.61. The van der Waals surface area contributed by atoms with Crippen LogP contribution in [0.4, 0.5) is 10.5 Å². The van der Waals surface area contributed by atoms with Crippen LogP contribution in [0.2, 0.25) is 0 Å². The summed E-state index contributed by atoms with van der Waals surface area (Å²) in [7, 11) is 1.51. The van der Waals surface area contributed by atoms with Gasteiger partial charge in [-0.1, -0.05) is 56.1 Å². The number of methoxy groups -OCH3 is 1. The zero-order valence-electron chi connectivity index (χ0n) is 19.7. The van der Waals surface area contributed by atoms with E-state index in [4.69, 9.17) is 9.47 Å². The number of nitrogens with zero attached hydrogens (tertiary/aromatic N) is 1. The van der Waals surface area contributed by atoms with Gasteiger partial charge in [0, 0.05) is 14.5 Å². The van der Waals surface area contributed by atoms with Crippen LogP contribution in [-0.4, -0.2) is 25.0 Å². The minimum absolute atomic E-state index is 0.162. The zero-order valence-corrected chi connectivity index (χ0v) is 22.9. The molecule has 1 fully saturated rings. The van der Waals surface area contributed by atoms with Crippen LogP contribution in [0.15, 0.2) is 69.1 Å². The lowest BCUT2D eigenvalue weighted by atomic mass is 10.0. The third kappa shape index (κ3) is 5.22. The van der Waals surface area contributed by atoms with Gasteiger partial charge in [-0.25, -0.2) is 9.69 Å². The fourth-order valence-electron chi connectivity index (χ4n) is 3.71. The highest BCUT2D eigenvalue weighted by Gasteiger charge is 2.37. The summed E-state index contributed by atoms with van der Waals surface area (Å²) in [5.41, 5.74) is 3.45. The molecule has 0 spiro atoms. The summed E-state index contributed by atoms with van der Waals surface area (Å²) in [5.74, 6) is -0.521. The molecule has 0 radical (unpaired) electrons. The van der Waals surface area contributed by atoms with Crippen molar-refractivity contribution in [1.29, 1.82) is 0 Å². The Hall–Kier alpha value is -3.43. The first-order valence-electron chi connectivity index (χ1n) is 10.9. The largest absolute Gasteiger partial charge is 0.493 e. The number of benzene rings is 3. The van der Waals surface area contributed by atoms with E-state index in [2.05, 4.69) is 37.2 Å². The van der Waals surface area contributed by atoms with Crippen molar-refractivity contribution < 1.29 is 23.9 Å². The van der Waals surface area contributed by atoms with E-state index in [0.29, 0.717) is 29.4 Å². The minimum atomic E-state index is -0.781. The van der Waals surface area contributed by atoms with E-state index >= 15 is 0 Å². The van der Waals surface area contributed by atoms with Crippen molar-refractivity contribution in [1.82, 2.24) is 5.32 Å². The van der Waals surface area contributed by atoms with Gasteiger partial charge in [-0.3, -0.25) is 14.9 Å². The summed E-state index contributed by atoms with van der Waals surface area (Å²) in [6.07, 6.45) is 1.43. The number of carbonyl (C=O) groups is 3. The lowest BCUT2D eigenvalue weighted by Crippen LogP contribution is -2.54. The van der Waals surface area contributed by atoms with Crippen molar-refractivity contribution in [2.24, 2.45) is 0 Å². The zero-order chi connectivity index (χ0) is 26.0. The highest BCUT2D eigenvalue weighted by molar-refractivity contribution is 9.11. The fourth-order valence-corrected chi connectivity index (χ4v) is 4.87. The summed E-state index contributed by atoms with van der Waals surface area (Å²) < 4.78 is 13.3. The van der Waals surface area contributed by atoms with Gasteiger partial charge in [-0.15, -0.1) is 0 Å². The third-order valence-electron chi connectivity index (χ3n) is 5.82. The maximum atomic E-state index is 13.3. The second kappa shape index (κ2) is 10.7. The van der Waals surface area contributed by atoms with Crippen LogP contribution in [0, 0.1) is 13.8 Å². The second-order valence-electron chi connectivity index (χ2n) is 8.11. The summed E-state index contributed by atoms with van der Waals surface area (Å²) in [6.45, 7) is 4.01. The maximum absolute atomic E-state index is 13.3. The van der Waals surface area contributed by atoms with Gasteiger partial charge in [0.2, 0.25) is 0 Å². The molecule has 0 atom stereocenters. The van der Waals surface area contributed by atoms with Crippen molar-refractivity contribution >= 4 is 61.5 Å². The van der Waals surface area contributed by atoms with Gasteiger partial charge in [0.25, 0.3) is 11.8 Å². The number of anilines is 1. The van der Waals surface area contributed by atoms with Crippen molar-refractivity contribution in [3.05, 3.63) is 91.4 Å². The van der Waals surface area contributed by atoms with Crippen LogP contribution >= 0.6 is 31.9 Å². The Morgan fingerprint density at radius 2 is 1.75 bits per heavy atom. The molecule has 1 aliphatic heterocycles. The smallest absolute Gasteiger partial charge is 0.335 e. The number of aryl methyl sites for hydroxylation is 1. The molecule has 0 unspecified atom stereocenters. The van der Waals surface area contributed by atoms with Gasteiger partial charge >= 0.3 is 6.03 Å². The summed E-state index contributed by atoms with van der Waals surface area (Å²) >= 11 is 6.95. The van der Waals surface area contributed by atoms with E-state index in [-0.39, 0.29) is 5.57 Å². The van der Waals surface area contributed by atoms with E-state index in [0.717, 1.165) is 30.5 Å². The molecule has 1 aliphatic rings. The molecule has 3 aromatic carbocycles. The number of rotatable bonds is 6. The van der Waals surface area contributed by atoms with Gasteiger partial charge in [-0.2, -0.15) is 0 Å². The van der Waals surface area contributed by atoms with Crippen molar-refractivity contribution in [3.63, 3.8) is 0 Å². The molecule has 7 nitrogen and oxygen atoms in total. The maximum Gasteiger partial charge on any atom is 0.335 e. The first kappa shape index (κ1) is 25.7. The number of imide groups is 2. The average molecular weight is 614 g/mol. The van der Waals surface area contributed by atoms with Crippen LogP contribution in [0.25, 0.3) is 6.08 Å². The molecular weight excluding hydrogens is 592 g/mol. The van der Waals surface area contributed by atoms with Gasteiger partial charge in [0.15, 0.2) is 11.5 Å². The number of barbiturate groups is 1. The number of hydrogen-bond donors (Lipinski definition) is 1. The van der Waals surface area contributed by atoms with Crippen LogP contribution in [-0.2, 0) is 16.2 Å². The lowest BCUT2D eigenvalue weighted by molar-refractivity contribution is -0.122. The Morgan fingerprint density at radius 1 is 0.972 bits per heavy atom. The van der Waals surface area contributed by atoms with Crippen molar-refractivity contribution in [2.75, 3.05) is 12.0 Å². The Labute approximate surface area is 225 Å². The van der Waals surface area contributed by atoms with Gasteiger partial charge in [0.05, 0.1) is 12.8 Å². The van der Waals surface area contributed by atoms with E-state index in [1.165, 1.54) is 13.2 Å². The van der Waals surface area contributed by atoms with Crippen LogP contribution in [0.3, 0.4) is 0 Å². The Balaban J connectivity index is 1.61. The predicted octanol–water partition coefficient (Wildman–Crippen LogP) is 6.08. The van der Waals surface area contributed by atoms with Crippen LogP contribution in [0.5, 0.6) is 11.5 Å². The molecule has 1 N–H and O–H groups in total. The molecule has 1 saturated heterocycles.